The third kappa shape index (κ3) is 4.43. The van der Waals surface area contributed by atoms with E-state index in [1.54, 1.807) is 19.2 Å². The molecule has 0 aliphatic carbocycles. The molecule has 0 aliphatic rings. The van der Waals surface area contributed by atoms with E-state index >= 15 is 0 Å². The van der Waals surface area contributed by atoms with Crippen LogP contribution in [0, 0.1) is 0 Å². The summed E-state index contributed by atoms with van der Waals surface area (Å²) in [4.78, 5) is 29.8. The van der Waals surface area contributed by atoms with Crippen LogP contribution in [0.5, 0.6) is 0 Å². The first kappa shape index (κ1) is 20.7. The largest absolute Gasteiger partial charge is 0.351 e. The SMILES string of the molecule is Cn1c(SCC(=O)NCc2ccc(Cl)cc2)nc2c(-c3ccccc3)csc2c1=O. The summed E-state index contributed by atoms with van der Waals surface area (Å²) in [5, 5.41) is 6.01. The number of carbonyl (C=O) groups is 1. The highest BCUT2D eigenvalue weighted by Gasteiger charge is 2.16. The lowest BCUT2D eigenvalue weighted by molar-refractivity contribution is -0.118. The van der Waals surface area contributed by atoms with Crippen LogP contribution in [0.4, 0.5) is 0 Å². The molecule has 1 N–H and O–H groups in total. The lowest BCUT2D eigenvalue weighted by atomic mass is 10.1. The molecule has 152 valence electrons. The molecule has 2 aromatic carbocycles. The first-order valence-electron chi connectivity index (χ1n) is 9.20. The number of aromatic nitrogens is 2. The Labute approximate surface area is 186 Å². The van der Waals surface area contributed by atoms with Gasteiger partial charge in [0.05, 0.1) is 11.3 Å². The Kier molecular flexibility index (Phi) is 6.22. The van der Waals surface area contributed by atoms with Crippen LogP contribution in [0.2, 0.25) is 5.02 Å². The second-order valence-corrected chi connectivity index (χ2v) is 8.90. The van der Waals surface area contributed by atoms with Crippen molar-refractivity contribution in [3.63, 3.8) is 0 Å². The van der Waals surface area contributed by atoms with E-state index in [4.69, 9.17) is 16.6 Å². The second kappa shape index (κ2) is 9.04. The van der Waals surface area contributed by atoms with Gasteiger partial charge in [-0.15, -0.1) is 11.3 Å². The van der Waals surface area contributed by atoms with E-state index in [0.29, 0.717) is 26.9 Å². The van der Waals surface area contributed by atoms with E-state index in [-0.39, 0.29) is 17.2 Å². The predicted molar refractivity (Wildman–Crippen MR) is 124 cm³/mol. The molecule has 8 heteroatoms. The molecule has 1 amide bonds. The summed E-state index contributed by atoms with van der Waals surface area (Å²) in [5.74, 6) is 0.0439. The number of hydrogen-bond acceptors (Lipinski definition) is 5. The van der Waals surface area contributed by atoms with Gasteiger partial charge in [-0.3, -0.25) is 14.2 Å². The van der Waals surface area contributed by atoms with Crippen LogP contribution >= 0.6 is 34.7 Å². The number of nitrogens with one attached hydrogen (secondary N) is 1. The average molecular weight is 456 g/mol. The highest BCUT2D eigenvalue weighted by atomic mass is 35.5. The topological polar surface area (TPSA) is 64.0 Å². The zero-order valence-electron chi connectivity index (χ0n) is 16.1. The normalized spacial score (nSPS) is 11.0. The van der Waals surface area contributed by atoms with Crippen LogP contribution in [0.1, 0.15) is 5.56 Å². The van der Waals surface area contributed by atoms with Gasteiger partial charge in [0.15, 0.2) is 5.16 Å². The monoisotopic (exact) mass is 455 g/mol. The second-order valence-electron chi connectivity index (χ2n) is 6.64. The fourth-order valence-corrected chi connectivity index (χ4v) is 4.87. The van der Waals surface area contributed by atoms with Crippen LogP contribution in [0.3, 0.4) is 0 Å². The van der Waals surface area contributed by atoms with Crippen molar-refractivity contribution in [1.82, 2.24) is 14.9 Å². The molecule has 0 saturated carbocycles. The Morgan fingerprint density at radius 1 is 1.17 bits per heavy atom. The van der Waals surface area contributed by atoms with E-state index in [9.17, 15) is 9.59 Å². The van der Waals surface area contributed by atoms with Gasteiger partial charge in [0.25, 0.3) is 5.56 Å². The molecule has 4 rings (SSSR count). The molecule has 0 bridgehead atoms. The molecule has 0 radical (unpaired) electrons. The Balaban J connectivity index is 1.51. The lowest BCUT2D eigenvalue weighted by Crippen LogP contribution is -2.25. The first-order chi connectivity index (χ1) is 14.5. The van der Waals surface area contributed by atoms with Crippen LogP contribution in [0.15, 0.2) is 69.9 Å². The highest BCUT2D eigenvalue weighted by Crippen LogP contribution is 2.32. The van der Waals surface area contributed by atoms with Gasteiger partial charge in [0, 0.05) is 29.6 Å². The van der Waals surface area contributed by atoms with E-state index in [1.807, 2.05) is 47.8 Å². The Morgan fingerprint density at radius 2 is 1.90 bits per heavy atom. The van der Waals surface area contributed by atoms with Gasteiger partial charge in [-0.25, -0.2) is 4.98 Å². The van der Waals surface area contributed by atoms with Crippen molar-refractivity contribution in [1.29, 1.82) is 0 Å². The first-order valence-corrected chi connectivity index (χ1v) is 11.4. The average Bonchev–Trinajstić information content (AvgIpc) is 3.19. The molecule has 2 heterocycles. The van der Waals surface area contributed by atoms with E-state index in [0.717, 1.165) is 16.7 Å². The zero-order chi connectivity index (χ0) is 21.1. The van der Waals surface area contributed by atoms with Crippen LogP contribution in [0.25, 0.3) is 21.3 Å². The quantitative estimate of drug-likeness (QED) is 0.337. The number of hydrogen-bond donors (Lipinski definition) is 1. The summed E-state index contributed by atoms with van der Waals surface area (Å²) in [6.45, 7) is 0.421. The molecule has 0 aliphatic heterocycles. The number of thioether (sulfide) groups is 1. The maximum Gasteiger partial charge on any atom is 0.271 e. The van der Waals surface area contributed by atoms with Gasteiger partial charge in [-0.2, -0.15) is 0 Å². The molecule has 0 fully saturated rings. The van der Waals surface area contributed by atoms with Crippen molar-refractivity contribution in [2.45, 2.75) is 11.7 Å². The number of benzene rings is 2. The minimum Gasteiger partial charge on any atom is -0.351 e. The minimum atomic E-state index is -0.127. The number of thiophene rings is 1. The molecule has 0 unspecified atom stereocenters. The van der Waals surface area contributed by atoms with Crippen LogP contribution in [-0.4, -0.2) is 21.2 Å². The molecular formula is C22H18ClN3O2S2. The Hall–Kier alpha value is -2.61. The number of amides is 1. The minimum absolute atomic E-state index is 0.101. The van der Waals surface area contributed by atoms with Crippen molar-refractivity contribution in [2.75, 3.05) is 5.75 Å². The van der Waals surface area contributed by atoms with Gasteiger partial charge >= 0.3 is 0 Å². The smallest absolute Gasteiger partial charge is 0.271 e. The fourth-order valence-electron chi connectivity index (χ4n) is 2.96. The van der Waals surface area contributed by atoms with Crippen molar-refractivity contribution in [3.05, 3.63) is 80.9 Å². The molecule has 5 nitrogen and oxygen atoms in total. The Morgan fingerprint density at radius 3 is 2.63 bits per heavy atom. The van der Waals surface area contributed by atoms with Crippen LogP contribution < -0.4 is 10.9 Å². The molecular weight excluding hydrogens is 438 g/mol. The molecule has 0 saturated heterocycles. The lowest BCUT2D eigenvalue weighted by Gasteiger charge is -2.09. The van der Waals surface area contributed by atoms with Gasteiger partial charge in [0.2, 0.25) is 5.91 Å². The van der Waals surface area contributed by atoms with Crippen LogP contribution in [-0.2, 0) is 18.4 Å². The third-order valence-corrected chi connectivity index (χ3v) is 6.82. The summed E-state index contributed by atoms with van der Waals surface area (Å²) in [6, 6.07) is 17.2. The number of fused-ring (bicyclic) bond motifs is 1. The maximum atomic E-state index is 12.8. The number of halogens is 1. The zero-order valence-corrected chi connectivity index (χ0v) is 18.5. The van der Waals surface area contributed by atoms with E-state index in [2.05, 4.69) is 5.32 Å². The van der Waals surface area contributed by atoms with Gasteiger partial charge in [-0.05, 0) is 23.3 Å². The summed E-state index contributed by atoms with van der Waals surface area (Å²) in [7, 11) is 1.69. The summed E-state index contributed by atoms with van der Waals surface area (Å²) >= 11 is 8.53. The molecule has 0 atom stereocenters. The number of rotatable bonds is 6. The molecule has 4 aromatic rings. The Bertz CT molecular complexity index is 1250. The van der Waals surface area contributed by atoms with Crippen molar-refractivity contribution >= 4 is 50.8 Å². The summed E-state index contributed by atoms with van der Waals surface area (Å²) in [5.41, 5.74) is 3.49. The van der Waals surface area contributed by atoms with Gasteiger partial charge in [0.1, 0.15) is 4.70 Å². The molecule has 30 heavy (non-hydrogen) atoms. The highest BCUT2D eigenvalue weighted by molar-refractivity contribution is 7.99. The standard InChI is InChI=1S/C22H18ClN3O2S2/c1-26-21(28)20-19(17(12-29-20)15-5-3-2-4-6-15)25-22(26)30-13-18(27)24-11-14-7-9-16(23)10-8-14/h2-10,12H,11,13H2,1H3,(H,24,27). The summed E-state index contributed by atoms with van der Waals surface area (Å²) in [6.07, 6.45) is 0. The maximum absolute atomic E-state index is 12.8. The van der Waals surface area contributed by atoms with E-state index in [1.165, 1.54) is 27.7 Å². The predicted octanol–water partition coefficient (Wildman–Crippen LogP) is 4.72. The molecule has 2 aromatic heterocycles. The van der Waals surface area contributed by atoms with Crippen molar-refractivity contribution < 1.29 is 4.79 Å². The van der Waals surface area contributed by atoms with Crippen molar-refractivity contribution in [2.24, 2.45) is 7.05 Å². The van der Waals surface area contributed by atoms with Gasteiger partial charge < -0.3 is 5.32 Å². The van der Waals surface area contributed by atoms with Gasteiger partial charge in [-0.1, -0.05) is 65.8 Å². The number of carbonyl (C=O) groups excluding carboxylic acids is 1. The number of nitrogens with zero attached hydrogens (tertiary/aromatic N) is 2. The fraction of sp³-hybridized carbons (Fsp3) is 0.136. The van der Waals surface area contributed by atoms with Crippen molar-refractivity contribution in [3.8, 4) is 11.1 Å². The molecule has 0 spiro atoms. The van der Waals surface area contributed by atoms with E-state index < -0.39 is 0 Å². The summed E-state index contributed by atoms with van der Waals surface area (Å²) < 4.78 is 2.12. The third-order valence-electron chi connectivity index (χ3n) is 4.58.